The SMILES string of the molecule is Cc1cc(Cl)ccc1Oc1ccc2c(c1)O[C@@H](C(F)(F)F)C=C2. The first-order valence-electron chi connectivity index (χ1n) is 6.82. The lowest BCUT2D eigenvalue weighted by Crippen LogP contribution is -2.33. The van der Waals surface area contributed by atoms with E-state index in [4.69, 9.17) is 21.1 Å². The highest BCUT2D eigenvalue weighted by molar-refractivity contribution is 6.30. The lowest BCUT2D eigenvalue weighted by atomic mass is 10.1. The Bertz CT molecular complexity index is 769. The summed E-state index contributed by atoms with van der Waals surface area (Å²) in [4.78, 5) is 0. The Balaban J connectivity index is 1.86. The number of hydrogen-bond acceptors (Lipinski definition) is 2. The minimum Gasteiger partial charge on any atom is -0.476 e. The lowest BCUT2D eigenvalue weighted by Gasteiger charge is -2.23. The molecule has 0 fully saturated rings. The van der Waals surface area contributed by atoms with Crippen LogP contribution in [0.4, 0.5) is 13.2 Å². The van der Waals surface area contributed by atoms with Crippen LogP contribution in [0.25, 0.3) is 6.08 Å². The van der Waals surface area contributed by atoms with E-state index in [9.17, 15) is 13.2 Å². The molecule has 1 atom stereocenters. The van der Waals surface area contributed by atoms with Crippen molar-refractivity contribution in [3.63, 3.8) is 0 Å². The summed E-state index contributed by atoms with van der Waals surface area (Å²) in [6.45, 7) is 1.83. The Labute approximate surface area is 136 Å². The van der Waals surface area contributed by atoms with Gasteiger partial charge in [-0.15, -0.1) is 0 Å². The van der Waals surface area contributed by atoms with Crippen molar-refractivity contribution in [2.75, 3.05) is 0 Å². The Hall–Kier alpha value is -2.14. The second-order valence-electron chi connectivity index (χ2n) is 5.15. The summed E-state index contributed by atoms with van der Waals surface area (Å²) in [5, 5.41) is 0.585. The summed E-state index contributed by atoms with van der Waals surface area (Å²) in [5.74, 6) is 1.11. The van der Waals surface area contributed by atoms with Gasteiger partial charge in [-0.25, -0.2) is 0 Å². The highest BCUT2D eigenvalue weighted by Crippen LogP contribution is 2.36. The highest BCUT2D eigenvalue weighted by Gasteiger charge is 2.41. The fraction of sp³-hybridized carbons (Fsp3) is 0.176. The first-order valence-corrected chi connectivity index (χ1v) is 7.20. The van der Waals surface area contributed by atoms with E-state index < -0.39 is 12.3 Å². The summed E-state index contributed by atoms with van der Waals surface area (Å²) >= 11 is 5.88. The van der Waals surface area contributed by atoms with Crippen LogP contribution in [-0.4, -0.2) is 12.3 Å². The number of rotatable bonds is 2. The highest BCUT2D eigenvalue weighted by atomic mass is 35.5. The normalized spacial score (nSPS) is 16.7. The van der Waals surface area contributed by atoms with Crippen LogP contribution in [0, 0.1) is 6.92 Å². The summed E-state index contributed by atoms with van der Waals surface area (Å²) in [6.07, 6.45) is -4.00. The molecular weight excluding hydrogens is 329 g/mol. The zero-order valence-electron chi connectivity index (χ0n) is 12.0. The van der Waals surface area contributed by atoms with E-state index in [1.807, 2.05) is 6.92 Å². The third-order valence-electron chi connectivity index (χ3n) is 3.38. The molecule has 23 heavy (non-hydrogen) atoms. The number of benzene rings is 2. The van der Waals surface area contributed by atoms with Crippen LogP contribution in [0.2, 0.25) is 5.02 Å². The molecular formula is C17H12ClF3O2. The topological polar surface area (TPSA) is 18.5 Å². The largest absolute Gasteiger partial charge is 0.476 e. The molecule has 1 aliphatic heterocycles. The lowest BCUT2D eigenvalue weighted by molar-refractivity contribution is -0.180. The van der Waals surface area contributed by atoms with Crippen molar-refractivity contribution in [2.24, 2.45) is 0 Å². The van der Waals surface area contributed by atoms with E-state index in [-0.39, 0.29) is 5.75 Å². The average Bonchev–Trinajstić information content (AvgIpc) is 2.48. The van der Waals surface area contributed by atoms with Gasteiger partial charge in [-0.2, -0.15) is 13.2 Å². The van der Waals surface area contributed by atoms with Crippen LogP contribution >= 0.6 is 11.6 Å². The van der Waals surface area contributed by atoms with Gasteiger partial charge >= 0.3 is 6.18 Å². The van der Waals surface area contributed by atoms with E-state index in [1.54, 1.807) is 30.3 Å². The van der Waals surface area contributed by atoms with Crippen molar-refractivity contribution in [3.8, 4) is 17.2 Å². The van der Waals surface area contributed by atoms with Crippen molar-refractivity contribution < 1.29 is 22.6 Å². The molecule has 0 N–H and O–H groups in total. The van der Waals surface area contributed by atoms with Gasteiger partial charge in [0.1, 0.15) is 17.2 Å². The van der Waals surface area contributed by atoms with Gasteiger partial charge in [0.05, 0.1) is 0 Å². The molecule has 0 saturated carbocycles. The molecule has 2 aromatic rings. The van der Waals surface area contributed by atoms with Crippen LogP contribution in [0.1, 0.15) is 11.1 Å². The maximum absolute atomic E-state index is 12.8. The molecule has 1 aliphatic rings. The average molecular weight is 341 g/mol. The van der Waals surface area contributed by atoms with E-state index in [0.717, 1.165) is 11.6 Å². The Kier molecular flexibility index (Phi) is 3.98. The van der Waals surface area contributed by atoms with E-state index in [2.05, 4.69) is 0 Å². The molecule has 0 aliphatic carbocycles. The van der Waals surface area contributed by atoms with Crippen LogP contribution < -0.4 is 9.47 Å². The van der Waals surface area contributed by atoms with Crippen molar-refractivity contribution in [2.45, 2.75) is 19.2 Å². The molecule has 3 rings (SSSR count). The molecule has 2 aromatic carbocycles. The molecule has 1 heterocycles. The Morgan fingerprint density at radius 2 is 1.91 bits per heavy atom. The Morgan fingerprint density at radius 1 is 1.13 bits per heavy atom. The molecule has 0 unspecified atom stereocenters. The fourth-order valence-corrected chi connectivity index (χ4v) is 2.44. The molecule has 0 aromatic heterocycles. The van der Waals surface area contributed by atoms with Crippen LogP contribution in [-0.2, 0) is 0 Å². The van der Waals surface area contributed by atoms with Crippen LogP contribution in [0.15, 0.2) is 42.5 Å². The molecule has 0 spiro atoms. The molecule has 0 bridgehead atoms. The van der Waals surface area contributed by atoms with Gasteiger partial charge in [0.15, 0.2) is 0 Å². The molecule has 0 radical (unpaired) electrons. The van der Waals surface area contributed by atoms with Crippen molar-refractivity contribution in [1.29, 1.82) is 0 Å². The van der Waals surface area contributed by atoms with Crippen LogP contribution in [0.5, 0.6) is 17.2 Å². The number of aryl methyl sites for hydroxylation is 1. The smallest absolute Gasteiger partial charge is 0.429 e. The maximum atomic E-state index is 12.8. The number of ether oxygens (including phenoxy) is 2. The van der Waals surface area contributed by atoms with E-state index in [1.165, 1.54) is 12.1 Å². The third-order valence-corrected chi connectivity index (χ3v) is 3.61. The van der Waals surface area contributed by atoms with Gasteiger partial charge in [-0.3, -0.25) is 0 Å². The number of hydrogen-bond donors (Lipinski definition) is 0. The molecule has 120 valence electrons. The summed E-state index contributed by atoms with van der Waals surface area (Å²) < 4.78 is 49.0. The van der Waals surface area contributed by atoms with Gasteiger partial charge < -0.3 is 9.47 Å². The monoisotopic (exact) mass is 340 g/mol. The molecule has 6 heteroatoms. The number of halogens is 4. The molecule has 0 saturated heterocycles. The molecule has 0 amide bonds. The molecule has 2 nitrogen and oxygen atoms in total. The van der Waals surface area contributed by atoms with Gasteiger partial charge in [-0.05, 0) is 48.9 Å². The second-order valence-corrected chi connectivity index (χ2v) is 5.59. The van der Waals surface area contributed by atoms with Gasteiger partial charge in [0.2, 0.25) is 6.10 Å². The minimum atomic E-state index is -4.45. The van der Waals surface area contributed by atoms with Gasteiger partial charge in [-0.1, -0.05) is 17.7 Å². The van der Waals surface area contributed by atoms with Crippen molar-refractivity contribution in [1.82, 2.24) is 0 Å². The van der Waals surface area contributed by atoms with Crippen LogP contribution in [0.3, 0.4) is 0 Å². The summed E-state index contributed by atoms with van der Waals surface area (Å²) in [6, 6.07) is 9.91. The predicted octanol–water partition coefficient (Wildman–Crippen LogP) is 5.78. The zero-order valence-corrected chi connectivity index (χ0v) is 12.8. The van der Waals surface area contributed by atoms with E-state index in [0.29, 0.717) is 22.1 Å². The zero-order chi connectivity index (χ0) is 16.6. The first-order chi connectivity index (χ1) is 10.8. The third kappa shape index (κ3) is 3.45. The maximum Gasteiger partial charge on any atom is 0.429 e. The number of fused-ring (bicyclic) bond motifs is 1. The van der Waals surface area contributed by atoms with Crippen molar-refractivity contribution >= 4 is 17.7 Å². The second kappa shape index (κ2) is 5.81. The first kappa shape index (κ1) is 15.7. The number of alkyl halides is 3. The van der Waals surface area contributed by atoms with E-state index >= 15 is 0 Å². The fourth-order valence-electron chi connectivity index (χ4n) is 2.22. The Morgan fingerprint density at radius 3 is 2.61 bits per heavy atom. The standard InChI is InChI=1S/C17H12ClF3O2/c1-10-8-12(18)4-6-14(10)22-13-5-2-11-3-7-16(17(19,20)21)23-15(11)9-13/h2-9,16H,1H3/t16-/m1/s1. The van der Waals surface area contributed by atoms with Crippen molar-refractivity contribution in [3.05, 3.63) is 58.6 Å². The summed E-state index contributed by atoms with van der Waals surface area (Å²) in [5.41, 5.74) is 1.40. The predicted molar refractivity (Wildman–Crippen MR) is 82.2 cm³/mol. The van der Waals surface area contributed by atoms with Gasteiger partial charge in [0.25, 0.3) is 0 Å². The quantitative estimate of drug-likeness (QED) is 0.690. The minimum absolute atomic E-state index is 0.138. The summed E-state index contributed by atoms with van der Waals surface area (Å²) in [7, 11) is 0. The van der Waals surface area contributed by atoms with Gasteiger partial charge in [0, 0.05) is 16.7 Å².